The summed E-state index contributed by atoms with van der Waals surface area (Å²) in [4.78, 5) is 0. The molecule has 0 aliphatic carbocycles. The van der Waals surface area contributed by atoms with Crippen molar-refractivity contribution in [1.82, 2.24) is 0 Å². The number of aliphatic hydroxyl groups is 1. The molecular weight excluding hydrogens is 124 g/mol. The lowest BCUT2D eigenvalue weighted by Gasteiger charge is -2.13. The number of hydrogen-bond acceptors (Lipinski definition) is 1. The van der Waals surface area contributed by atoms with Crippen LogP contribution < -0.4 is 0 Å². The van der Waals surface area contributed by atoms with Crippen molar-refractivity contribution in [2.75, 3.05) is 0 Å². The first-order valence-electron chi connectivity index (χ1n) is 4.16. The van der Waals surface area contributed by atoms with E-state index in [1.54, 1.807) is 0 Å². The first-order valence-corrected chi connectivity index (χ1v) is 4.16. The number of rotatable bonds is 5. The quantitative estimate of drug-likeness (QED) is 0.627. The molecule has 10 heavy (non-hydrogen) atoms. The standard InChI is InChI=1S/C9H19O/c1-4-8(2)7-9(3)5-6-10/h6,8-10H,4-5,7H2,1-3H3. The fraction of sp³-hybridized carbons (Fsp3) is 0.889. The molecule has 0 fully saturated rings. The lowest BCUT2D eigenvalue weighted by atomic mass is 9.93. The van der Waals surface area contributed by atoms with E-state index in [4.69, 9.17) is 5.11 Å². The Kier molecular flexibility index (Phi) is 5.70. The van der Waals surface area contributed by atoms with Gasteiger partial charge in [-0.15, -0.1) is 0 Å². The SMILES string of the molecule is CCC(C)CC(C)C[CH]O. The molecular formula is C9H19O. The lowest BCUT2D eigenvalue weighted by molar-refractivity contribution is 0.316. The van der Waals surface area contributed by atoms with Gasteiger partial charge in [-0.05, 0) is 24.7 Å². The highest BCUT2D eigenvalue weighted by Crippen LogP contribution is 2.17. The van der Waals surface area contributed by atoms with E-state index in [-0.39, 0.29) is 0 Å². The number of hydrogen-bond donors (Lipinski definition) is 1. The Morgan fingerprint density at radius 2 is 1.90 bits per heavy atom. The zero-order chi connectivity index (χ0) is 7.98. The summed E-state index contributed by atoms with van der Waals surface area (Å²) in [6, 6.07) is 0. The molecule has 2 atom stereocenters. The van der Waals surface area contributed by atoms with Gasteiger partial charge in [-0.25, -0.2) is 0 Å². The summed E-state index contributed by atoms with van der Waals surface area (Å²) in [5.74, 6) is 1.44. The maximum absolute atomic E-state index is 8.50. The van der Waals surface area contributed by atoms with Crippen LogP contribution in [0.25, 0.3) is 0 Å². The van der Waals surface area contributed by atoms with Crippen molar-refractivity contribution in [3.05, 3.63) is 6.61 Å². The van der Waals surface area contributed by atoms with E-state index in [1.165, 1.54) is 19.4 Å². The maximum Gasteiger partial charge on any atom is 0.0801 e. The van der Waals surface area contributed by atoms with Crippen LogP contribution in [0.1, 0.15) is 40.0 Å². The minimum atomic E-state index is 0.639. The van der Waals surface area contributed by atoms with Gasteiger partial charge in [-0.1, -0.05) is 27.2 Å². The summed E-state index contributed by atoms with van der Waals surface area (Å²) in [6.45, 7) is 7.92. The highest BCUT2D eigenvalue weighted by molar-refractivity contribution is 4.61. The molecule has 61 valence electrons. The zero-order valence-electron chi connectivity index (χ0n) is 7.30. The van der Waals surface area contributed by atoms with Gasteiger partial charge >= 0.3 is 0 Å². The van der Waals surface area contributed by atoms with Crippen LogP contribution in [0.4, 0.5) is 0 Å². The van der Waals surface area contributed by atoms with E-state index in [0.29, 0.717) is 5.92 Å². The van der Waals surface area contributed by atoms with Crippen LogP contribution in [0, 0.1) is 18.4 Å². The second-order valence-electron chi connectivity index (χ2n) is 3.27. The molecule has 0 rings (SSSR count). The summed E-state index contributed by atoms with van der Waals surface area (Å²) in [5, 5.41) is 8.50. The van der Waals surface area contributed by atoms with Crippen molar-refractivity contribution < 1.29 is 5.11 Å². The minimum absolute atomic E-state index is 0.639. The molecule has 0 aliphatic rings. The molecule has 1 heteroatoms. The molecule has 0 saturated heterocycles. The van der Waals surface area contributed by atoms with Crippen molar-refractivity contribution >= 4 is 0 Å². The summed E-state index contributed by atoms with van der Waals surface area (Å²) >= 11 is 0. The molecule has 1 radical (unpaired) electrons. The third-order valence-electron chi connectivity index (χ3n) is 2.01. The summed E-state index contributed by atoms with van der Waals surface area (Å²) < 4.78 is 0. The molecule has 0 aliphatic heterocycles. The first kappa shape index (κ1) is 9.96. The van der Waals surface area contributed by atoms with E-state index in [1.807, 2.05) is 0 Å². The molecule has 2 unspecified atom stereocenters. The van der Waals surface area contributed by atoms with E-state index < -0.39 is 0 Å². The smallest absolute Gasteiger partial charge is 0.0801 e. The van der Waals surface area contributed by atoms with Gasteiger partial charge in [0.05, 0.1) is 6.61 Å². The van der Waals surface area contributed by atoms with Gasteiger partial charge in [-0.3, -0.25) is 0 Å². The Hall–Kier alpha value is -0.0400. The van der Waals surface area contributed by atoms with Gasteiger partial charge < -0.3 is 5.11 Å². The third-order valence-corrected chi connectivity index (χ3v) is 2.01. The molecule has 0 spiro atoms. The lowest BCUT2D eigenvalue weighted by Crippen LogP contribution is -2.02. The molecule has 0 saturated carbocycles. The predicted octanol–water partition coefficient (Wildman–Crippen LogP) is 2.98. The van der Waals surface area contributed by atoms with Gasteiger partial charge in [0.15, 0.2) is 0 Å². The van der Waals surface area contributed by atoms with Crippen LogP contribution in [0.2, 0.25) is 0 Å². The van der Waals surface area contributed by atoms with Crippen LogP contribution in [0.5, 0.6) is 0 Å². The largest absolute Gasteiger partial charge is 0.390 e. The Labute approximate surface area is 64.5 Å². The van der Waals surface area contributed by atoms with Crippen LogP contribution in [0.15, 0.2) is 0 Å². The maximum atomic E-state index is 8.50. The fourth-order valence-corrected chi connectivity index (χ4v) is 1.13. The fourth-order valence-electron chi connectivity index (χ4n) is 1.13. The van der Waals surface area contributed by atoms with Gasteiger partial charge in [0.1, 0.15) is 0 Å². The second-order valence-corrected chi connectivity index (χ2v) is 3.27. The van der Waals surface area contributed by atoms with E-state index in [0.717, 1.165) is 12.3 Å². The average Bonchev–Trinajstić information content (AvgIpc) is 1.88. The molecule has 0 bridgehead atoms. The van der Waals surface area contributed by atoms with Crippen LogP contribution in [0.3, 0.4) is 0 Å². The van der Waals surface area contributed by atoms with Gasteiger partial charge in [0.2, 0.25) is 0 Å². The van der Waals surface area contributed by atoms with Crippen molar-refractivity contribution in [2.45, 2.75) is 40.0 Å². The normalized spacial score (nSPS) is 16.8. The van der Waals surface area contributed by atoms with Gasteiger partial charge in [-0.2, -0.15) is 0 Å². The Morgan fingerprint density at radius 3 is 2.30 bits per heavy atom. The van der Waals surface area contributed by atoms with Gasteiger partial charge in [0, 0.05) is 0 Å². The monoisotopic (exact) mass is 143 g/mol. The van der Waals surface area contributed by atoms with E-state index >= 15 is 0 Å². The second kappa shape index (κ2) is 5.72. The molecule has 0 aromatic heterocycles. The summed E-state index contributed by atoms with van der Waals surface area (Å²) in [6.07, 6.45) is 3.31. The van der Waals surface area contributed by atoms with E-state index in [2.05, 4.69) is 20.8 Å². The van der Waals surface area contributed by atoms with Crippen molar-refractivity contribution in [2.24, 2.45) is 11.8 Å². The molecule has 1 nitrogen and oxygen atoms in total. The molecule has 0 heterocycles. The highest BCUT2D eigenvalue weighted by atomic mass is 16.2. The topological polar surface area (TPSA) is 20.2 Å². The highest BCUT2D eigenvalue weighted by Gasteiger charge is 2.05. The van der Waals surface area contributed by atoms with Crippen molar-refractivity contribution in [3.8, 4) is 0 Å². The summed E-state index contributed by atoms with van der Waals surface area (Å²) in [5.41, 5.74) is 0. The Morgan fingerprint density at radius 1 is 1.30 bits per heavy atom. The first-order chi connectivity index (χ1) is 4.70. The summed E-state index contributed by atoms with van der Waals surface area (Å²) in [7, 11) is 0. The molecule has 1 N–H and O–H groups in total. The number of aliphatic hydroxyl groups excluding tert-OH is 1. The minimum Gasteiger partial charge on any atom is -0.390 e. The van der Waals surface area contributed by atoms with E-state index in [9.17, 15) is 0 Å². The Bertz CT molecular complexity index is 71.1. The molecule has 0 aromatic carbocycles. The van der Waals surface area contributed by atoms with Crippen LogP contribution in [-0.4, -0.2) is 5.11 Å². The van der Waals surface area contributed by atoms with Crippen molar-refractivity contribution in [3.63, 3.8) is 0 Å². The van der Waals surface area contributed by atoms with Crippen LogP contribution in [-0.2, 0) is 0 Å². The zero-order valence-corrected chi connectivity index (χ0v) is 7.30. The van der Waals surface area contributed by atoms with Gasteiger partial charge in [0.25, 0.3) is 0 Å². The third kappa shape index (κ3) is 4.80. The molecule has 0 aromatic rings. The Balaban J connectivity index is 3.27. The van der Waals surface area contributed by atoms with Crippen LogP contribution >= 0.6 is 0 Å². The molecule has 0 amide bonds. The predicted molar refractivity (Wildman–Crippen MR) is 44.1 cm³/mol. The van der Waals surface area contributed by atoms with Crippen molar-refractivity contribution in [1.29, 1.82) is 0 Å². The average molecular weight is 143 g/mol.